The molecule has 8 nitrogen and oxygen atoms in total. The van der Waals surface area contributed by atoms with Gasteiger partial charge in [0.15, 0.2) is 6.61 Å². The maximum Gasteiger partial charge on any atom is 0.260 e. The minimum atomic E-state index is -3.25. The lowest BCUT2D eigenvalue weighted by atomic mass is 10.2. The third-order valence-corrected chi connectivity index (χ3v) is 5.88. The van der Waals surface area contributed by atoms with Crippen LogP contribution < -0.4 is 10.1 Å². The van der Waals surface area contributed by atoms with E-state index in [0.29, 0.717) is 30.1 Å². The molecule has 154 valence electrons. The van der Waals surface area contributed by atoms with Crippen LogP contribution in [0.5, 0.6) is 5.75 Å². The van der Waals surface area contributed by atoms with Crippen molar-refractivity contribution >= 4 is 27.5 Å². The van der Waals surface area contributed by atoms with Crippen LogP contribution in [0.3, 0.4) is 0 Å². The number of nitrogens with zero attached hydrogens (tertiary/aromatic N) is 2. The van der Waals surface area contributed by atoms with Crippen LogP contribution in [0, 0.1) is 0 Å². The molecule has 3 rings (SSSR count). The van der Waals surface area contributed by atoms with Gasteiger partial charge in [0.25, 0.3) is 11.8 Å². The monoisotopic (exact) mass is 417 g/mol. The predicted molar refractivity (Wildman–Crippen MR) is 109 cm³/mol. The highest BCUT2D eigenvalue weighted by Crippen LogP contribution is 2.20. The summed E-state index contributed by atoms with van der Waals surface area (Å²) in [7, 11) is -3.25. The van der Waals surface area contributed by atoms with Gasteiger partial charge >= 0.3 is 0 Å². The van der Waals surface area contributed by atoms with Crippen LogP contribution in [-0.2, 0) is 14.8 Å². The molecule has 1 saturated heterocycles. The number of sulfonamides is 1. The second kappa shape index (κ2) is 9.06. The van der Waals surface area contributed by atoms with E-state index in [1.165, 1.54) is 4.31 Å². The molecule has 0 atom stereocenters. The SMILES string of the molecule is CS(=O)(=O)N1CCN(C(=O)COc2ccccc2C(=O)Nc2ccccc2)CC1. The summed E-state index contributed by atoms with van der Waals surface area (Å²) in [6.45, 7) is 0.923. The van der Waals surface area contributed by atoms with E-state index in [0.717, 1.165) is 6.26 Å². The Balaban J connectivity index is 1.58. The smallest absolute Gasteiger partial charge is 0.260 e. The molecular formula is C20H23N3O5S. The lowest BCUT2D eigenvalue weighted by Gasteiger charge is -2.33. The fraction of sp³-hybridized carbons (Fsp3) is 0.300. The largest absolute Gasteiger partial charge is 0.483 e. The second-order valence-corrected chi connectivity index (χ2v) is 8.63. The van der Waals surface area contributed by atoms with Gasteiger partial charge < -0.3 is 15.0 Å². The topological polar surface area (TPSA) is 96.0 Å². The summed E-state index contributed by atoms with van der Waals surface area (Å²) in [5.41, 5.74) is 0.984. The molecule has 1 aliphatic heterocycles. The van der Waals surface area contributed by atoms with E-state index >= 15 is 0 Å². The number of nitrogens with one attached hydrogen (secondary N) is 1. The van der Waals surface area contributed by atoms with E-state index in [9.17, 15) is 18.0 Å². The van der Waals surface area contributed by atoms with Crippen molar-refractivity contribution in [3.05, 3.63) is 60.2 Å². The molecule has 0 radical (unpaired) electrons. The maximum atomic E-state index is 12.6. The summed E-state index contributed by atoms with van der Waals surface area (Å²) < 4.78 is 30.1. The quantitative estimate of drug-likeness (QED) is 0.767. The first kappa shape index (κ1) is 20.8. The van der Waals surface area contributed by atoms with Gasteiger partial charge in [0.2, 0.25) is 10.0 Å². The van der Waals surface area contributed by atoms with Gasteiger partial charge in [-0.3, -0.25) is 9.59 Å². The number of amides is 2. The Morgan fingerprint density at radius 3 is 2.24 bits per heavy atom. The molecule has 1 aliphatic rings. The number of hydrogen-bond acceptors (Lipinski definition) is 5. The minimum Gasteiger partial charge on any atom is -0.483 e. The Labute approximate surface area is 170 Å². The average Bonchev–Trinajstić information content (AvgIpc) is 2.72. The maximum absolute atomic E-state index is 12.6. The van der Waals surface area contributed by atoms with Gasteiger partial charge in [-0.1, -0.05) is 30.3 Å². The number of anilines is 1. The molecule has 9 heteroatoms. The summed E-state index contributed by atoms with van der Waals surface area (Å²) >= 11 is 0. The lowest BCUT2D eigenvalue weighted by Crippen LogP contribution is -2.51. The number of carbonyl (C=O) groups is 2. The number of benzene rings is 2. The molecule has 29 heavy (non-hydrogen) atoms. The second-order valence-electron chi connectivity index (χ2n) is 6.65. The van der Waals surface area contributed by atoms with Crippen LogP contribution in [0.25, 0.3) is 0 Å². The molecule has 2 aromatic rings. The zero-order chi connectivity index (χ0) is 20.9. The summed E-state index contributed by atoms with van der Waals surface area (Å²) in [6.07, 6.45) is 1.16. The Morgan fingerprint density at radius 1 is 0.966 bits per heavy atom. The van der Waals surface area contributed by atoms with Crippen molar-refractivity contribution in [3.8, 4) is 5.75 Å². The molecule has 0 unspecified atom stereocenters. The van der Waals surface area contributed by atoms with Gasteiger partial charge in [-0.25, -0.2) is 8.42 Å². The zero-order valence-corrected chi connectivity index (χ0v) is 16.9. The molecule has 2 aromatic carbocycles. The van der Waals surface area contributed by atoms with Crippen LogP contribution in [-0.4, -0.2) is 68.5 Å². The molecule has 0 spiro atoms. The van der Waals surface area contributed by atoms with Crippen molar-refractivity contribution in [2.45, 2.75) is 0 Å². The lowest BCUT2D eigenvalue weighted by molar-refractivity contribution is -0.134. The highest BCUT2D eigenvalue weighted by molar-refractivity contribution is 7.88. The van der Waals surface area contributed by atoms with E-state index in [2.05, 4.69) is 5.32 Å². The molecule has 0 aromatic heterocycles. The normalized spacial score (nSPS) is 15.0. The van der Waals surface area contributed by atoms with E-state index < -0.39 is 10.0 Å². The number of piperazine rings is 1. The summed E-state index contributed by atoms with van der Waals surface area (Å²) in [4.78, 5) is 26.6. The Morgan fingerprint density at radius 2 is 1.59 bits per heavy atom. The molecule has 1 N–H and O–H groups in total. The standard InChI is InChI=1S/C20H23N3O5S/c1-29(26,27)23-13-11-22(12-14-23)19(24)15-28-18-10-6-5-9-17(18)20(25)21-16-7-3-2-4-8-16/h2-10H,11-15H2,1H3,(H,21,25). The van der Waals surface area contributed by atoms with Crippen molar-refractivity contribution < 1.29 is 22.7 Å². The summed E-state index contributed by atoms with van der Waals surface area (Å²) in [5, 5.41) is 2.79. The van der Waals surface area contributed by atoms with Crippen molar-refractivity contribution in [2.75, 3.05) is 44.4 Å². The van der Waals surface area contributed by atoms with Crippen LogP contribution in [0.2, 0.25) is 0 Å². The van der Waals surface area contributed by atoms with Crippen molar-refractivity contribution in [3.63, 3.8) is 0 Å². The Kier molecular flexibility index (Phi) is 6.50. The van der Waals surface area contributed by atoms with Gasteiger partial charge in [0.1, 0.15) is 5.75 Å². The highest BCUT2D eigenvalue weighted by Gasteiger charge is 2.26. The first-order valence-electron chi connectivity index (χ1n) is 9.16. The van der Waals surface area contributed by atoms with Crippen molar-refractivity contribution in [2.24, 2.45) is 0 Å². The van der Waals surface area contributed by atoms with Gasteiger partial charge in [-0.05, 0) is 24.3 Å². The van der Waals surface area contributed by atoms with Crippen molar-refractivity contribution in [1.29, 1.82) is 0 Å². The van der Waals surface area contributed by atoms with Crippen molar-refractivity contribution in [1.82, 2.24) is 9.21 Å². The van der Waals surface area contributed by atoms with Gasteiger partial charge in [0.05, 0.1) is 11.8 Å². The number of hydrogen-bond donors (Lipinski definition) is 1. The predicted octanol–water partition coefficient (Wildman–Crippen LogP) is 1.42. The molecular weight excluding hydrogens is 394 g/mol. The van der Waals surface area contributed by atoms with Gasteiger partial charge in [-0.2, -0.15) is 4.31 Å². The molecule has 2 amide bonds. The third kappa shape index (κ3) is 5.55. The fourth-order valence-corrected chi connectivity index (χ4v) is 3.83. The molecule has 1 heterocycles. The number of ether oxygens (including phenoxy) is 1. The number of para-hydroxylation sites is 2. The van der Waals surface area contributed by atoms with E-state index in [-0.39, 0.29) is 31.5 Å². The van der Waals surface area contributed by atoms with Crippen LogP contribution in [0.15, 0.2) is 54.6 Å². The number of carbonyl (C=O) groups excluding carboxylic acids is 2. The molecule has 1 fully saturated rings. The van der Waals surface area contributed by atoms with Gasteiger partial charge in [0, 0.05) is 31.9 Å². The first-order valence-corrected chi connectivity index (χ1v) is 11.0. The summed E-state index contributed by atoms with van der Waals surface area (Å²) in [5.74, 6) is -0.276. The van der Waals surface area contributed by atoms with Crippen LogP contribution in [0.4, 0.5) is 5.69 Å². The Hall–Kier alpha value is -2.91. The molecule has 0 bridgehead atoms. The third-order valence-electron chi connectivity index (χ3n) is 4.57. The minimum absolute atomic E-state index is 0.228. The number of rotatable bonds is 6. The average molecular weight is 417 g/mol. The molecule has 0 aliphatic carbocycles. The van der Waals surface area contributed by atoms with E-state index in [1.807, 2.05) is 18.2 Å². The first-order chi connectivity index (χ1) is 13.8. The van der Waals surface area contributed by atoms with Crippen LogP contribution in [0.1, 0.15) is 10.4 Å². The van der Waals surface area contributed by atoms with Gasteiger partial charge in [-0.15, -0.1) is 0 Å². The summed E-state index contributed by atoms with van der Waals surface area (Å²) in [6, 6.07) is 15.8. The van der Waals surface area contributed by atoms with E-state index in [4.69, 9.17) is 4.74 Å². The van der Waals surface area contributed by atoms with Crippen LogP contribution >= 0.6 is 0 Å². The zero-order valence-electron chi connectivity index (χ0n) is 16.1. The molecule has 0 saturated carbocycles. The highest BCUT2D eigenvalue weighted by atomic mass is 32.2. The van der Waals surface area contributed by atoms with E-state index in [1.54, 1.807) is 41.3 Å². The fourth-order valence-electron chi connectivity index (χ4n) is 3.00. The Bertz CT molecular complexity index is 971.